The highest BCUT2D eigenvalue weighted by Crippen LogP contribution is 2.22. The molecule has 6 heteroatoms. The first-order valence-electron chi connectivity index (χ1n) is 10.7. The first kappa shape index (κ1) is 20.7. The van der Waals surface area contributed by atoms with Crippen LogP contribution in [0, 0.1) is 0 Å². The average Bonchev–Trinajstić information content (AvgIpc) is 3.46. The van der Waals surface area contributed by atoms with E-state index >= 15 is 0 Å². The Kier molecular flexibility index (Phi) is 6.36. The van der Waals surface area contributed by atoms with Gasteiger partial charge in [0.25, 0.3) is 5.91 Å². The maximum Gasteiger partial charge on any atom is 0.287 e. The van der Waals surface area contributed by atoms with Gasteiger partial charge >= 0.3 is 0 Å². The SMILES string of the molecule is CCc1ccc(OCCCn2c([C@H](C)NC(=O)c3ccco3)nc3ccccc32)cc1. The fraction of sp³-hybridized carbons (Fsp3) is 0.280. The van der Waals surface area contributed by atoms with E-state index in [1.165, 1.54) is 11.8 Å². The standard InChI is InChI=1S/C25H27N3O3/c1-3-19-11-13-20(14-12-19)30-17-7-15-28-22-9-5-4-8-21(22)27-24(28)18(2)26-25(29)23-10-6-16-31-23/h4-6,8-14,16,18H,3,7,15,17H2,1-2H3,(H,26,29)/t18-/m0/s1. The van der Waals surface area contributed by atoms with Gasteiger partial charge in [0.1, 0.15) is 11.6 Å². The lowest BCUT2D eigenvalue weighted by Crippen LogP contribution is -2.28. The zero-order valence-corrected chi connectivity index (χ0v) is 17.9. The first-order chi connectivity index (χ1) is 15.2. The summed E-state index contributed by atoms with van der Waals surface area (Å²) >= 11 is 0. The highest BCUT2D eigenvalue weighted by atomic mass is 16.5. The molecule has 0 aliphatic heterocycles. The molecule has 160 valence electrons. The first-order valence-corrected chi connectivity index (χ1v) is 10.7. The third-order valence-corrected chi connectivity index (χ3v) is 5.29. The molecule has 0 bridgehead atoms. The minimum Gasteiger partial charge on any atom is -0.494 e. The molecule has 31 heavy (non-hydrogen) atoms. The predicted octanol–water partition coefficient (Wildman–Crippen LogP) is 5.15. The van der Waals surface area contributed by atoms with Crippen molar-refractivity contribution in [3.63, 3.8) is 0 Å². The molecule has 4 aromatic rings. The van der Waals surface area contributed by atoms with Gasteiger partial charge in [0.2, 0.25) is 0 Å². The third-order valence-electron chi connectivity index (χ3n) is 5.29. The van der Waals surface area contributed by atoms with Crippen LogP contribution in [0.4, 0.5) is 0 Å². The molecule has 0 spiro atoms. The number of amides is 1. The van der Waals surface area contributed by atoms with E-state index in [4.69, 9.17) is 14.1 Å². The van der Waals surface area contributed by atoms with E-state index in [1.54, 1.807) is 12.1 Å². The van der Waals surface area contributed by atoms with Crippen molar-refractivity contribution in [3.05, 3.63) is 84.1 Å². The average molecular weight is 418 g/mol. The molecule has 6 nitrogen and oxygen atoms in total. The summed E-state index contributed by atoms with van der Waals surface area (Å²) in [6.07, 6.45) is 3.33. The Morgan fingerprint density at radius 2 is 1.94 bits per heavy atom. The van der Waals surface area contributed by atoms with E-state index in [-0.39, 0.29) is 17.7 Å². The largest absolute Gasteiger partial charge is 0.494 e. The van der Waals surface area contributed by atoms with Crippen LogP contribution in [-0.4, -0.2) is 22.1 Å². The molecule has 1 atom stereocenters. The normalized spacial score (nSPS) is 12.1. The van der Waals surface area contributed by atoms with Gasteiger partial charge in [-0.25, -0.2) is 4.98 Å². The lowest BCUT2D eigenvalue weighted by molar-refractivity contribution is 0.0909. The topological polar surface area (TPSA) is 69.3 Å². The quantitative estimate of drug-likeness (QED) is 0.382. The van der Waals surface area contributed by atoms with Crippen LogP contribution in [0.25, 0.3) is 11.0 Å². The van der Waals surface area contributed by atoms with Gasteiger partial charge in [0.15, 0.2) is 5.76 Å². The summed E-state index contributed by atoms with van der Waals surface area (Å²) in [4.78, 5) is 17.2. The van der Waals surface area contributed by atoms with Crippen molar-refractivity contribution >= 4 is 16.9 Å². The van der Waals surface area contributed by atoms with E-state index in [0.29, 0.717) is 6.61 Å². The number of benzene rings is 2. The van der Waals surface area contributed by atoms with Crippen LogP contribution in [0.2, 0.25) is 0 Å². The van der Waals surface area contributed by atoms with Gasteiger partial charge < -0.3 is 19.0 Å². The van der Waals surface area contributed by atoms with E-state index in [0.717, 1.165) is 42.0 Å². The van der Waals surface area contributed by atoms with Gasteiger partial charge in [-0.3, -0.25) is 4.79 Å². The monoisotopic (exact) mass is 417 g/mol. The Hall–Kier alpha value is -3.54. The van der Waals surface area contributed by atoms with E-state index in [2.05, 4.69) is 35.0 Å². The van der Waals surface area contributed by atoms with Crippen molar-refractivity contribution in [2.45, 2.75) is 39.3 Å². The second-order valence-electron chi connectivity index (χ2n) is 7.48. The molecule has 4 rings (SSSR count). The molecule has 2 heterocycles. The fourth-order valence-corrected chi connectivity index (χ4v) is 3.63. The summed E-state index contributed by atoms with van der Waals surface area (Å²) in [5.41, 5.74) is 3.25. The van der Waals surface area contributed by atoms with Crippen LogP contribution in [0.15, 0.2) is 71.3 Å². The van der Waals surface area contributed by atoms with Gasteiger partial charge in [0, 0.05) is 6.54 Å². The van der Waals surface area contributed by atoms with Crippen LogP contribution in [0.3, 0.4) is 0 Å². The van der Waals surface area contributed by atoms with Gasteiger partial charge in [-0.1, -0.05) is 31.2 Å². The van der Waals surface area contributed by atoms with Crippen molar-refractivity contribution in [1.29, 1.82) is 0 Å². The zero-order valence-electron chi connectivity index (χ0n) is 17.9. The number of hydrogen-bond donors (Lipinski definition) is 1. The van der Waals surface area contributed by atoms with Crippen LogP contribution in [-0.2, 0) is 13.0 Å². The molecule has 0 unspecified atom stereocenters. The molecular formula is C25H27N3O3. The van der Waals surface area contributed by atoms with Crippen molar-refractivity contribution < 1.29 is 13.9 Å². The molecule has 1 N–H and O–H groups in total. The molecule has 0 radical (unpaired) electrons. The number of nitrogens with one attached hydrogen (secondary N) is 1. The number of carbonyl (C=O) groups excluding carboxylic acids is 1. The smallest absolute Gasteiger partial charge is 0.287 e. The second-order valence-corrected chi connectivity index (χ2v) is 7.48. The van der Waals surface area contributed by atoms with Gasteiger partial charge in [-0.2, -0.15) is 0 Å². The minimum absolute atomic E-state index is 0.255. The molecule has 1 amide bonds. The Morgan fingerprint density at radius 3 is 2.68 bits per heavy atom. The molecule has 0 saturated carbocycles. The van der Waals surface area contributed by atoms with E-state index in [9.17, 15) is 4.79 Å². The number of furan rings is 1. The molecular weight excluding hydrogens is 390 g/mol. The summed E-state index contributed by atoms with van der Waals surface area (Å²) < 4.78 is 13.3. The van der Waals surface area contributed by atoms with Crippen LogP contribution < -0.4 is 10.1 Å². The Morgan fingerprint density at radius 1 is 1.13 bits per heavy atom. The number of aryl methyl sites for hydroxylation is 2. The Labute approximate surface area is 181 Å². The van der Waals surface area contributed by atoms with E-state index < -0.39 is 0 Å². The van der Waals surface area contributed by atoms with Crippen molar-refractivity contribution in [3.8, 4) is 5.75 Å². The van der Waals surface area contributed by atoms with Crippen molar-refractivity contribution in [1.82, 2.24) is 14.9 Å². The summed E-state index contributed by atoms with van der Waals surface area (Å²) in [5, 5.41) is 2.98. The highest BCUT2D eigenvalue weighted by molar-refractivity contribution is 5.91. The number of nitrogens with zero attached hydrogens (tertiary/aromatic N) is 2. The van der Waals surface area contributed by atoms with Crippen LogP contribution in [0.1, 0.15) is 48.3 Å². The molecule has 2 aromatic heterocycles. The molecule has 0 saturated heterocycles. The highest BCUT2D eigenvalue weighted by Gasteiger charge is 2.20. The number of fused-ring (bicyclic) bond motifs is 1. The van der Waals surface area contributed by atoms with Gasteiger partial charge in [0.05, 0.1) is 29.9 Å². The fourth-order valence-electron chi connectivity index (χ4n) is 3.63. The summed E-state index contributed by atoms with van der Waals surface area (Å²) in [7, 11) is 0. The number of rotatable bonds is 9. The van der Waals surface area contributed by atoms with Crippen LogP contribution in [0.5, 0.6) is 5.75 Å². The molecule has 0 fully saturated rings. The molecule has 0 aliphatic carbocycles. The maximum absolute atomic E-state index is 12.4. The zero-order chi connectivity index (χ0) is 21.6. The second kappa shape index (κ2) is 9.51. The van der Waals surface area contributed by atoms with Gasteiger partial charge in [-0.15, -0.1) is 0 Å². The minimum atomic E-state index is -0.271. The number of imidazole rings is 1. The number of carbonyl (C=O) groups is 1. The molecule has 0 aliphatic rings. The van der Waals surface area contributed by atoms with Gasteiger partial charge in [-0.05, 0) is 61.7 Å². The van der Waals surface area contributed by atoms with Crippen molar-refractivity contribution in [2.75, 3.05) is 6.61 Å². The summed E-state index contributed by atoms with van der Waals surface area (Å²) in [5.74, 6) is 1.73. The van der Waals surface area contributed by atoms with Crippen LogP contribution >= 0.6 is 0 Å². The number of ether oxygens (including phenoxy) is 1. The summed E-state index contributed by atoms with van der Waals surface area (Å²) in [6.45, 7) is 5.42. The Balaban J connectivity index is 1.45. The van der Waals surface area contributed by atoms with Crippen molar-refractivity contribution in [2.24, 2.45) is 0 Å². The number of para-hydroxylation sites is 2. The maximum atomic E-state index is 12.4. The predicted molar refractivity (Wildman–Crippen MR) is 120 cm³/mol. The van der Waals surface area contributed by atoms with E-state index in [1.807, 2.05) is 37.3 Å². The molecule has 2 aromatic carbocycles. The lowest BCUT2D eigenvalue weighted by atomic mass is 10.2. The Bertz CT molecular complexity index is 1130. The summed E-state index contributed by atoms with van der Waals surface area (Å²) in [6, 6.07) is 19.3. The lowest BCUT2D eigenvalue weighted by Gasteiger charge is -2.16. The number of aromatic nitrogens is 2. The number of hydrogen-bond acceptors (Lipinski definition) is 4. The third kappa shape index (κ3) is 4.79.